The minimum Gasteiger partial charge on any atom is -0.223 e. The molecule has 0 spiro atoms. The summed E-state index contributed by atoms with van der Waals surface area (Å²) in [5.41, 5.74) is 8.80. The molecule has 0 bridgehead atoms. The van der Waals surface area contributed by atoms with Crippen molar-refractivity contribution in [3.63, 3.8) is 0 Å². The Bertz CT molecular complexity index is 1870. The molecule has 0 unspecified atom stereocenters. The lowest BCUT2D eigenvalue weighted by atomic mass is 9.94. The zero-order valence-corrected chi connectivity index (χ0v) is 23.3. The Morgan fingerprint density at radius 3 is 1.76 bits per heavy atom. The molecule has 38 heavy (non-hydrogen) atoms. The molecule has 0 saturated carbocycles. The zero-order chi connectivity index (χ0) is 25.5. The predicted octanol–water partition coefficient (Wildman–Crippen LogP) is 10.1. The maximum Gasteiger partial charge on any atom is 0.191 e. The van der Waals surface area contributed by atoms with Crippen molar-refractivity contribution in [2.45, 2.75) is 0 Å². The van der Waals surface area contributed by atoms with Gasteiger partial charge in [0.2, 0.25) is 0 Å². The minimum absolute atomic E-state index is 0.734. The van der Waals surface area contributed by atoms with E-state index >= 15 is 0 Å². The second kappa shape index (κ2) is 9.78. The normalized spacial score (nSPS) is 11.3. The van der Waals surface area contributed by atoms with E-state index in [2.05, 4.69) is 150 Å². The largest absolute Gasteiger partial charge is 0.223 e. The first kappa shape index (κ1) is 23.3. The van der Waals surface area contributed by atoms with Crippen LogP contribution in [0.15, 0.2) is 127 Å². The van der Waals surface area contributed by atoms with Crippen LogP contribution in [0.3, 0.4) is 0 Å². The minimum atomic E-state index is 0.734. The van der Waals surface area contributed by atoms with E-state index < -0.39 is 0 Å². The van der Waals surface area contributed by atoms with Crippen LogP contribution in [-0.2, 0) is 0 Å². The van der Waals surface area contributed by atoms with Crippen LogP contribution in [0.1, 0.15) is 0 Å². The van der Waals surface area contributed by atoms with E-state index in [1.807, 2.05) is 11.3 Å². The summed E-state index contributed by atoms with van der Waals surface area (Å²) in [4.78, 5) is 9.81. The second-order valence-corrected chi connectivity index (χ2v) is 11.3. The molecular formula is C34H21IN2S. The number of hydrogen-bond acceptors (Lipinski definition) is 3. The van der Waals surface area contributed by atoms with Crippen molar-refractivity contribution in [3.05, 3.63) is 131 Å². The van der Waals surface area contributed by atoms with Crippen molar-refractivity contribution in [3.8, 4) is 44.8 Å². The van der Waals surface area contributed by atoms with Crippen LogP contribution in [-0.4, -0.2) is 9.97 Å². The van der Waals surface area contributed by atoms with Crippen molar-refractivity contribution < 1.29 is 0 Å². The number of thiophene rings is 1. The molecule has 0 atom stereocenters. The van der Waals surface area contributed by atoms with E-state index in [-0.39, 0.29) is 0 Å². The molecule has 0 saturated heterocycles. The van der Waals surface area contributed by atoms with E-state index in [0.717, 1.165) is 26.3 Å². The third kappa shape index (κ3) is 4.30. The van der Waals surface area contributed by atoms with Crippen LogP contribution in [0.5, 0.6) is 0 Å². The molecule has 0 fully saturated rings. The topological polar surface area (TPSA) is 25.8 Å². The molecule has 7 aromatic rings. The van der Waals surface area contributed by atoms with Crippen LogP contribution in [0.4, 0.5) is 0 Å². The standard InChI is InChI=1S/C34H21IN2S/c35-34-36-29(21-30(37-34)27-15-9-17-32-33(27)28-14-7-8-16-31(28)38-32)26-19-24(22-10-3-1-4-11-22)18-25(20-26)23-12-5-2-6-13-23/h1-21H. The Balaban J connectivity index is 1.44. The quantitative estimate of drug-likeness (QED) is 0.145. The number of aromatic nitrogens is 2. The summed E-state index contributed by atoms with van der Waals surface area (Å²) in [6, 6.07) is 45.1. The van der Waals surface area contributed by atoms with Gasteiger partial charge in [-0.25, -0.2) is 9.97 Å². The van der Waals surface area contributed by atoms with Gasteiger partial charge in [-0.2, -0.15) is 0 Å². The van der Waals surface area contributed by atoms with Gasteiger partial charge in [-0.05, 0) is 58.7 Å². The molecule has 4 heteroatoms. The van der Waals surface area contributed by atoms with Crippen molar-refractivity contribution >= 4 is 54.1 Å². The zero-order valence-electron chi connectivity index (χ0n) is 20.3. The summed E-state index contributed by atoms with van der Waals surface area (Å²) in [6.45, 7) is 0. The molecular weight excluding hydrogens is 595 g/mol. The van der Waals surface area contributed by atoms with Crippen LogP contribution < -0.4 is 0 Å². The van der Waals surface area contributed by atoms with E-state index in [1.165, 1.54) is 42.4 Å². The molecule has 180 valence electrons. The maximum atomic E-state index is 4.91. The number of halogens is 1. The highest BCUT2D eigenvalue weighted by atomic mass is 127. The average molecular weight is 617 g/mol. The van der Waals surface area contributed by atoms with Crippen molar-refractivity contribution in [1.29, 1.82) is 0 Å². The van der Waals surface area contributed by atoms with E-state index in [9.17, 15) is 0 Å². The number of rotatable bonds is 4. The van der Waals surface area contributed by atoms with Gasteiger partial charge in [-0.15, -0.1) is 11.3 Å². The summed E-state index contributed by atoms with van der Waals surface area (Å²) >= 11 is 4.07. The molecule has 5 aromatic carbocycles. The van der Waals surface area contributed by atoms with Crippen LogP contribution in [0.25, 0.3) is 64.9 Å². The van der Waals surface area contributed by atoms with E-state index in [1.54, 1.807) is 0 Å². The summed E-state index contributed by atoms with van der Waals surface area (Å²) in [7, 11) is 0. The van der Waals surface area contributed by atoms with Gasteiger partial charge in [0.25, 0.3) is 0 Å². The smallest absolute Gasteiger partial charge is 0.191 e. The molecule has 2 aromatic heterocycles. The molecule has 0 N–H and O–H groups in total. The molecule has 0 aliphatic heterocycles. The van der Waals surface area contributed by atoms with Crippen molar-refractivity contribution in [2.24, 2.45) is 0 Å². The highest BCUT2D eigenvalue weighted by Crippen LogP contribution is 2.40. The summed E-state index contributed by atoms with van der Waals surface area (Å²) in [5, 5.41) is 2.53. The van der Waals surface area contributed by atoms with Crippen LogP contribution in [0.2, 0.25) is 0 Å². The van der Waals surface area contributed by atoms with Gasteiger partial charge >= 0.3 is 0 Å². The van der Waals surface area contributed by atoms with E-state index in [4.69, 9.17) is 9.97 Å². The Hall–Kier alpha value is -3.87. The summed E-state index contributed by atoms with van der Waals surface area (Å²) in [5.74, 6) is 0. The molecule has 2 heterocycles. The Labute approximate surface area is 238 Å². The van der Waals surface area contributed by atoms with Gasteiger partial charge in [0.05, 0.1) is 11.4 Å². The van der Waals surface area contributed by atoms with Gasteiger partial charge in [0, 0.05) is 53.9 Å². The third-order valence-corrected chi connectivity index (χ3v) is 8.44. The van der Waals surface area contributed by atoms with Gasteiger partial charge in [-0.3, -0.25) is 0 Å². The number of hydrogen-bond donors (Lipinski definition) is 0. The van der Waals surface area contributed by atoms with Gasteiger partial charge in [-0.1, -0.05) is 91.0 Å². The number of fused-ring (bicyclic) bond motifs is 3. The van der Waals surface area contributed by atoms with Crippen LogP contribution >= 0.6 is 33.9 Å². The second-order valence-electron chi connectivity index (χ2n) is 9.22. The van der Waals surface area contributed by atoms with E-state index in [0.29, 0.717) is 0 Å². The maximum absolute atomic E-state index is 4.91. The first-order valence-corrected chi connectivity index (χ1v) is 14.3. The van der Waals surface area contributed by atoms with Crippen LogP contribution in [0, 0.1) is 3.83 Å². The number of nitrogens with zero attached hydrogens (tertiary/aromatic N) is 2. The summed E-state index contributed by atoms with van der Waals surface area (Å²) in [6.07, 6.45) is 0. The molecule has 0 radical (unpaired) electrons. The molecule has 7 rings (SSSR count). The fourth-order valence-electron chi connectivity index (χ4n) is 5.06. The Morgan fingerprint density at radius 2 is 1.05 bits per heavy atom. The SMILES string of the molecule is Ic1nc(-c2cc(-c3ccccc3)cc(-c3ccccc3)c2)cc(-c2cccc3sc4ccccc4c23)n1. The highest BCUT2D eigenvalue weighted by molar-refractivity contribution is 14.1. The number of benzene rings is 5. The third-order valence-electron chi connectivity index (χ3n) is 6.82. The summed E-state index contributed by atoms with van der Waals surface area (Å²) < 4.78 is 3.30. The van der Waals surface area contributed by atoms with Crippen molar-refractivity contribution in [1.82, 2.24) is 9.97 Å². The fraction of sp³-hybridized carbons (Fsp3) is 0. The van der Waals surface area contributed by atoms with Gasteiger partial charge < -0.3 is 0 Å². The lowest BCUT2D eigenvalue weighted by molar-refractivity contribution is 1.12. The highest BCUT2D eigenvalue weighted by Gasteiger charge is 2.15. The van der Waals surface area contributed by atoms with Gasteiger partial charge in [0.15, 0.2) is 3.83 Å². The molecule has 2 nitrogen and oxygen atoms in total. The Morgan fingerprint density at radius 1 is 0.474 bits per heavy atom. The average Bonchev–Trinajstić information content (AvgIpc) is 3.36. The lowest BCUT2D eigenvalue weighted by Gasteiger charge is -2.12. The lowest BCUT2D eigenvalue weighted by Crippen LogP contribution is -1.96. The monoisotopic (exact) mass is 616 g/mol. The van der Waals surface area contributed by atoms with Gasteiger partial charge in [0.1, 0.15) is 0 Å². The fourth-order valence-corrected chi connectivity index (χ4v) is 6.71. The predicted molar refractivity (Wildman–Crippen MR) is 169 cm³/mol. The molecule has 0 aliphatic carbocycles. The molecule has 0 aliphatic rings. The first-order valence-electron chi connectivity index (χ1n) is 12.4. The Kier molecular flexibility index (Phi) is 5.99. The molecule has 0 amide bonds. The first-order chi connectivity index (χ1) is 18.7. The van der Waals surface area contributed by atoms with Crippen molar-refractivity contribution in [2.75, 3.05) is 0 Å².